The van der Waals surface area contributed by atoms with E-state index in [2.05, 4.69) is 5.32 Å². The topological polar surface area (TPSA) is 147 Å². The van der Waals surface area contributed by atoms with Crippen LogP contribution in [0.1, 0.15) is 30.4 Å². The quantitative estimate of drug-likeness (QED) is 0.301. The van der Waals surface area contributed by atoms with Crippen LogP contribution in [0.5, 0.6) is 0 Å². The summed E-state index contributed by atoms with van der Waals surface area (Å²) in [5.41, 5.74) is 0.324. The smallest absolute Gasteiger partial charge is 0.327 e. The Morgan fingerprint density at radius 3 is 2.67 bits per heavy atom. The van der Waals surface area contributed by atoms with Gasteiger partial charge in [-0.2, -0.15) is 5.06 Å². The Hall–Kier alpha value is -3.36. The number of nitrogens with one attached hydrogen (secondary N) is 1. The predicted molar refractivity (Wildman–Crippen MR) is 145 cm³/mol. The van der Waals surface area contributed by atoms with E-state index in [1.54, 1.807) is 25.1 Å². The SMILES string of the molecule is CN(C)C(=O)C=Cc1ccc(CN2OC3C4OCOC4C4CC3(C(=O)N3CCCC3C(=O)NCCO)C2C(=O)O4)cc1. The highest BCUT2D eigenvalue weighted by atomic mass is 16.8. The second-order valence-corrected chi connectivity index (χ2v) is 11.6. The lowest BCUT2D eigenvalue weighted by Crippen LogP contribution is -2.70. The third-order valence-corrected chi connectivity index (χ3v) is 8.87. The van der Waals surface area contributed by atoms with Crippen molar-refractivity contribution < 1.29 is 43.3 Å². The van der Waals surface area contributed by atoms with Crippen LogP contribution in [0.25, 0.3) is 6.08 Å². The van der Waals surface area contributed by atoms with Gasteiger partial charge in [0, 0.05) is 39.7 Å². The summed E-state index contributed by atoms with van der Waals surface area (Å²) in [6, 6.07) is 5.71. The average Bonchev–Trinajstić information content (AvgIpc) is 3.73. The minimum atomic E-state index is -1.33. The molecule has 1 aromatic rings. The van der Waals surface area contributed by atoms with Crippen LogP contribution in [0.4, 0.5) is 0 Å². The molecule has 2 N–H and O–H groups in total. The first kappa shape index (κ1) is 28.7. The molecule has 3 amide bonds. The molecule has 2 bridgehead atoms. The third kappa shape index (κ3) is 4.78. The Balaban J connectivity index is 1.29. The fourth-order valence-corrected chi connectivity index (χ4v) is 6.89. The van der Waals surface area contributed by atoms with E-state index in [1.807, 2.05) is 24.3 Å². The number of benzene rings is 1. The van der Waals surface area contributed by atoms with E-state index in [0.717, 1.165) is 11.1 Å². The summed E-state index contributed by atoms with van der Waals surface area (Å²) in [6.07, 6.45) is 1.86. The number of likely N-dealkylation sites (tertiary alicyclic amines) is 1. The molecule has 42 heavy (non-hydrogen) atoms. The van der Waals surface area contributed by atoms with E-state index in [4.69, 9.17) is 24.2 Å². The van der Waals surface area contributed by atoms with Crippen LogP contribution in [-0.4, -0.2) is 121 Å². The lowest BCUT2D eigenvalue weighted by atomic mass is 9.62. The number of hydrogen-bond donors (Lipinski definition) is 2. The highest BCUT2D eigenvalue weighted by Gasteiger charge is 2.75. The van der Waals surface area contributed by atoms with Crippen LogP contribution in [0.2, 0.25) is 0 Å². The summed E-state index contributed by atoms with van der Waals surface area (Å²) >= 11 is 0. The number of aliphatic hydroxyl groups excluding tert-OH is 1. The maximum absolute atomic E-state index is 14.6. The number of likely N-dealkylation sites (N-methyl/N-ethyl adjacent to an activating group) is 1. The zero-order valence-corrected chi connectivity index (χ0v) is 23.6. The van der Waals surface area contributed by atoms with Crippen molar-refractivity contribution in [2.24, 2.45) is 5.41 Å². The van der Waals surface area contributed by atoms with Gasteiger partial charge in [-0.3, -0.25) is 24.0 Å². The first-order chi connectivity index (χ1) is 20.2. The summed E-state index contributed by atoms with van der Waals surface area (Å²) in [7, 11) is 3.36. The van der Waals surface area contributed by atoms with Crippen molar-refractivity contribution in [3.05, 3.63) is 41.5 Å². The fraction of sp³-hybridized carbons (Fsp3) is 0.586. The number of carbonyl (C=O) groups is 4. The number of aliphatic hydroxyl groups is 1. The van der Waals surface area contributed by atoms with Gasteiger partial charge in [-0.25, -0.2) is 0 Å². The Kier molecular flexibility index (Phi) is 7.79. The van der Waals surface area contributed by atoms with Crippen molar-refractivity contribution in [2.45, 2.75) is 62.3 Å². The van der Waals surface area contributed by atoms with Crippen molar-refractivity contribution in [1.82, 2.24) is 20.2 Å². The lowest BCUT2D eigenvalue weighted by molar-refractivity contribution is -0.204. The lowest BCUT2D eigenvalue weighted by Gasteiger charge is -2.50. The first-order valence-electron chi connectivity index (χ1n) is 14.3. The summed E-state index contributed by atoms with van der Waals surface area (Å²) < 4.78 is 17.5. The largest absolute Gasteiger partial charge is 0.458 e. The number of nitrogens with zero attached hydrogens (tertiary/aromatic N) is 3. The van der Waals surface area contributed by atoms with Gasteiger partial charge in [0.05, 0.1) is 13.2 Å². The molecule has 0 aromatic heterocycles. The molecule has 1 aromatic carbocycles. The monoisotopic (exact) mass is 584 g/mol. The van der Waals surface area contributed by atoms with Gasteiger partial charge in [0.2, 0.25) is 17.7 Å². The number of rotatable bonds is 8. The maximum atomic E-state index is 14.6. The standard InChI is InChI=1S/C29H36N4O9/c1-31(2)21(35)10-9-17-5-7-18(8-6-17)15-33-24-27(37)41-20-14-29(24,25(42-33)23-22(20)39-16-40-23)28(38)32-12-3-4-19(32)26(36)30-11-13-34/h5-10,19-20,22-25,34H,3-4,11-16H2,1-2H3,(H,30,36). The third-order valence-electron chi connectivity index (χ3n) is 8.87. The minimum Gasteiger partial charge on any atom is -0.458 e. The average molecular weight is 585 g/mol. The first-order valence-corrected chi connectivity index (χ1v) is 14.3. The van der Waals surface area contributed by atoms with Gasteiger partial charge in [-0.05, 0) is 30.0 Å². The maximum Gasteiger partial charge on any atom is 0.327 e. The molecule has 226 valence electrons. The van der Waals surface area contributed by atoms with Crippen molar-refractivity contribution in [1.29, 1.82) is 0 Å². The number of carbonyl (C=O) groups excluding carboxylic acids is 4. The van der Waals surface area contributed by atoms with E-state index >= 15 is 0 Å². The number of ether oxygens (including phenoxy) is 3. The summed E-state index contributed by atoms with van der Waals surface area (Å²) in [4.78, 5) is 62.5. The predicted octanol–water partition coefficient (Wildman–Crippen LogP) is -0.571. The molecule has 13 nitrogen and oxygen atoms in total. The van der Waals surface area contributed by atoms with Gasteiger partial charge in [0.25, 0.3) is 0 Å². The molecule has 1 aliphatic carbocycles. The number of hydroxylamine groups is 2. The molecule has 4 heterocycles. The van der Waals surface area contributed by atoms with Crippen LogP contribution in [-0.2, 0) is 44.8 Å². The van der Waals surface area contributed by atoms with Gasteiger partial charge in [-0.1, -0.05) is 24.3 Å². The normalized spacial score (nSPS) is 33.5. The highest BCUT2D eigenvalue weighted by molar-refractivity contribution is 5.96. The van der Waals surface area contributed by atoms with Gasteiger partial charge in [-0.15, -0.1) is 0 Å². The molecule has 5 aliphatic rings. The van der Waals surface area contributed by atoms with Crippen LogP contribution < -0.4 is 5.32 Å². The van der Waals surface area contributed by atoms with Crippen molar-refractivity contribution in [3.8, 4) is 0 Å². The summed E-state index contributed by atoms with van der Waals surface area (Å²) in [5.74, 6) is -1.36. The molecule has 0 radical (unpaired) electrons. The number of esters is 1. The Morgan fingerprint density at radius 2 is 1.93 bits per heavy atom. The molecule has 13 heteroatoms. The Bertz CT molecular complexity index is 1270. The fourth-order valence-electron chi connectivity index (χ4n) is 6.89. The molecular weight excluding hydrogens is 548 g/mol. The van der Waals surface area contributed by atoms with Gasteiger partial charge in [0.1, 0.15) is 42.7 Å². The van der Waals surface area contributed by atoms with E-state index in [9.17, 15) is 19.2 Å². The number of fused-ring (bicyclic) bond motifs is 4. The molecular formula is C29H36N4O9. The Labute approximate surface area is 243 Å². The van der Waals surface area contributed by atoms with Crippen molar-refractivity contribution in [2.75, 3.05) is 40.6 Å². The highest BCUT2D eigenvalue weighted by Crippen LogP contribution is 2.56. The molecule has 4 saturated heterocycles. The van der Waals surface area contributed by atoms with Gasteiger partial charge < -0.3 is 34.4 Å². The number of hydrogen-bond acceptors (Lipinski definition) is 10. The molecule has 7 unspecified atom stereocenters. The van der Waals surface area contributed by atoms with Gasteiger partial charge >= 0.3 is 5.97 Å². The van der Waals surface area contributed by atoms with E-state index < -0.39 is 47.9 Å². The second-order valence-electron chi connectivity index (χ2n) is 11.6. The van der Waals surface area contributed by atoms with E-state index in [0.29, 0.717) is 19.4 Å². The van der Waals surface area contributed by atoms with Crippen molar-refractivity contribution >= 4 is 29.8 Å². The molecule has 7 atom stereocenters. The molecule has 6 rings (SSSR count). The molecule has 4 aliphatic heterocycles. The summed E-state index contributed by atoms with van der Waals surface area (Å²) in [6.45, 7) is 0.444. The molecule has 5 fully saturated rings. The van der Waals surface area contributed by atoms with E-state index in [1.165, 1.54) is 16.0 Å². The van der Waals surface area contributed by atoms with Crippen LogP contribution in [0.15, 0.2) is 30.3 Å². The Morgan fingerprint density at radius 1 is 1.17 bits per heavy atom. The van der Waals surface area contributed by atoms with Crippen LogP contribution in [0.3, 0.4) is 0 Å². The zero-order chi connectivity index (χ0) is 29.6. The van der Waals surface area contributed by atoms with Gasteiger partial charge in [0.15, 0.2) is 6.04 Å². The second kappa shape index (κ2) is 11.4. The van der Waals surface area contributed by atoms with E-state index in [-0.39, 0.29) is 50.6 Å². The van der Waals surface area contributed by atoms with Crippen molar-refractivity contribution in [3.63, 3.8) is 0 Å². The van der Waals surface area contributed by atoms with Crippen LogP contribution >= 0.6 is 0 Å². The summed E-state index contributed by atoms with van der Waals surface area (Å²) in [5, 5.41) is 13.4. The zero-order valence-electron chi connectivity index (χ0n) is 23.6. The molecule has 0 spiro atoms. The minimum absolute atomic E-state index is 0.000604. The van der Waals surface area contributed by atoms with Crippen LogP contribution in [0, 0.1) is 5.41 Å². The number of amides is 3. The molecule has 1 saturated carbocycles.